The summed E-state index contributed by atoms with van der Waals surface area (Å²) in [5, 5.41) is 6.60. The van der Waals surface area contributed by atoms with Gasteiger partial charge in [0.25, 0.3) is 0 Å². The Labute approximate surface area is 127 Å². The second kappa shape index (κ2) is 8.95. The van der Waals surface area contributed by atoms with E-state index in [1.54, 1.807) is 11.3 Å². The molecule has 0 radical (unpaired) electrons. The molecule has 0 aromatic carbocycles. The van der Waals surface area contributed by atoms with Gasteiger partial charge in [-0.2, -0.15) is 0 Å². The van der Waals surface area contributed by atoms with Gasteiger partial charge in [0, 0.05) is 25.5 Å². The molecule has 0 fully saturated rings. The van der Waals surface area contributed by atoms with E-state index in [0.717, 1.165) is 36.3 Å². The van der Waals surface area contributed by atoms with Crippen molar-refractivity contribution in [3.63, 3.8) is 0 Å². The van der Waals surface area contributed by atoms with E-state index in [1.165, 1.54) is 12.8 Å². The van der Waals surface area contributed by atoms with Crippen molar-refractivity contribution in [3.05, 3.63) is 16.1 Å². The van der Waals surface area contributed by atoms with Crippen LogP contribution in [-0.2, 0) is 6.54 Å². The number of rotatable bonds is 7. The number of aliphatic imine (C=N–C) groups is 1. The summed E-state index contributed by atoms with van der Waals surface area (Å²) in [4.78, 5) is 11.4. The summed E-state index contributed by atoms with van der Waals surface area (Å²) in [5.41, 5.74) is 1.11. The lowest BCUT2D eigenvalue weighted by molar-refractivity contribution is 0.457. The lowest BCUT2D eigenvalue weighted by atomic mass is 10.0. The molecule has 0 bridgehead atoms. The van der Waals surface area contributed by atoms with Crippen molar-refractivity contribution in [2.24, 2.45) is 10.9 Å². The monoisotopic (exact) mass is 296 g/mol. The molecule has 20 heavy (non-hydrogen) atoms. The average molecular weight is 296 g/mol. The smallest absolute Gasteiger partial charge is 0.194 e. The van der Waals surface area contributed by atoms with E-state index >= 15 is 0 Å². The van der Waals surface area contributed by atoms with E-state index in [-0.39, 0.29) is 0 Å². The summed E-state index contributed by atoms with van der Waals surface area (Å²) in [6, 6.07) is 0. The molecular formula is C15H28N4S. The van der Waals surface area contributed by atoms with Gasteiger partial charge in [0.05, 0.1) is 17.2 Å². The molecule has 0 saturated heterocycles. The van der Waals surface area contributed by atoms with Crippen LogP contribution in [0.4, 0.5) is 0 Å². The fourth-order valence-electron chi connectivity index (χ4n) is 2.03. The number of aryl methyl sites for hydroxylation is 1. The third-order valence-corrected chi connectivity index (χ3v) is 4.24. The molecule has 1 N–H and O–H groups in total. The van der Waals surface area contributed by atoms with E-state index in [1.807, 2.05) is 6.92 Å². The third-order valence-electron chi connectivity index (χ3n) is 3.42. The van der Waals surface area contributed by atoms with Crippen molar-refractivity contribution in [1.82, 2.24) is 15.2 Å². The molecule has 0 aliphatic heterocycles. The molecule has 0 aliphatic carbocycles. The number of aromatic nitrogens is 1. The summed E-state index contributed by atoms with van der Waals surface area (Å²) in [5.74, 6) is 1.66. The number of guanidine groups is 1. The fourth-order valence-corrected chi connectivity index (χ4v) is 2.63. The van der Waals surface area contributed by atoms with Crippen LogP contribution < -0.4 is 5.32 Å². The Kier molecular flexibility index (Phi) is 7.59. The molecule has 4 nitrogen and oxygen atoms in total. The van der Waals surface area contributed by atoms with E-state index in [0.29, 0.717) is 5.92 Å². The van der Waals surface area contributed by atoms with E-state index in [2.05, 4.69) is 48.4 Å². The van der Waals surface area contributed by atoms with Crippen LogP contribution in [0.5, 0.6) is 0 Å². The molecule has 1 heterocycles. The van der Waals surface area contributed by atoms with Gasteiger partial charge in [0.15, 0.2) is 5.96 Å². The molecule has 0 aliphatic rings. The highest BCUT2D eigenvalue weighted by Gasteiger charge is 2.09. The van der Waals surface area contributed by atoms with Crippen molar-refractivity contribution in [2.75, 3.05) is 20.1 Å². The SMILES string of the molecule is CCNC(=NCC(CC)CC)N(C)Cc1csc(C)n1. The summed E-state index contributed by atoms with van der Waals surface area (Å²) in [7, 11) is 2.07. The summed E-state index contributed by atoms with van der Waals surface area (Å²) in [6.45, 7) is 11.2. The van der Waals surface area contributed by atoms with Crippen molar-refractivity contribution in [2.45, 2.75) is 47.1 Å². The minimum atomic E-state index is 0.679. The highest BCUT2D eigenvalue weighted by molar-refractivity contribution is 7.09. The zero-order valence-corrected chi connectivity index (χ0v) is 14.3. The van der Waals surface area contributed by atoms with Crippen molar-refractivity contribution >= 4 is 17.3 Å². The van der Waals surface area contributed by atoms with Gasteiger partial charge in [-0.3, -0.25) is 4.99 Å². The Bertz CT molecular complexity index is 410. The van der Waals surface area contributed by atoms with Crippen LogP contribution in [0.2, 0.25) is 0 Å². The number of hydrogen-bond donors (Lipinski definition) is 1. The van der Waals surface area contributed by atoms with Crippen molar-refractivity contribution in [1.29, 1.82) is 0 Å². The number of hydrogen-bond acceptors (Lipinski definition) is 3. The highest BCUT2D eigenvalue weighted by atomic mass is 32.1. The molecular weight excluding hydrogens is 268 g/mol. The molecule has 1 aromatic rings. The summed E-state index contributed by atoms with van der Waals surface area (Å²) >= 11 is 1.70. The van der Waals surface area contributed by atoms with Gasteiger partial charge in [-0.25, -0.2) is 4.98 Å². The maximum Gasteiger partial charge on any atom is 0.194 e. The number of thiazole rings is 1. The van der Waals surface area contributed by atoms with Crippen LogP contribution in [0, 0.1) is 12.8 Å². The quantitative estimate of drug-likeness (QED) is 0.620. The van der Waals surface area contributed by atoms with Crippen molar-refractivity contribution in [3.8, 4) is 0 Å². The Hall–Kier alpha value is -1.10. The van der Waals surface area contributed by atoms with Crippen LogP contribution in [-0.4, -0.2) is 36.0 Å². The molecule has 1 aromatic heterocycles. The Morgan fingerprint density at radius 2 is 2.10 bits per heavy atom. The van der Waals surface area contributed by atoms with Gasteiger partial charge in [-0.1, -0.05) is 26.7 Å². The van der Waals surface area contributed by atoms with E-state index in [9.17, 15) is 0 Å². The van der Waals surface area contributed by atoms with Crippen LogP contribution in [0.3, 0.4) is 0 Å². The molecule has 0 amide bonds. The van der Waals surface area contributed by atoms with Crippen LogP contribution in [0.15, 0.2) is 10.4 Å². The Balaban J connectivity index is 2.65. The lowest BCUT2D eigenvalue weighted by Gasteiger charge is -2.22. The highest BCUT2D eigenvalue weighted by Crippen LogP contribution is 2.11. The maximum atomic E-state index is 4.77. The van der Waals surface area contributed by atoms with Crippen LogP contribution in [0.1, 0.15) is 44.3 Å². The normalized spacial score (nSPS) is 12.0. The second-order valence-electron chi connectivity index (χ2n) is 5.09. The first-order chi connectivity index (χ1) is 9.60. The van der Waals surface area contributed by atoms with Crippen LogP contribution >= 0.6 is 11.3 Å². The first-order valence-electron chi connectivity index (χ1n) is 7.51. The van der Waals surface area contributed by atoms with E-state index in [4.69, 9.17) is 4.99 Å². The van der Waals surface area contributed by atoms with E-state index < -0.39 is 0 Å². The third kappa shape index (κ3) is 5.49. The van der Waals surface area contributed by atoms with Gasteiger partial charge >= 0.3 is 0 Å². The van der Waals surface area contributed by atoms with Crippen LogP contribution in [0.25, 0.3) is 0 Å². The molecule has 0 saturated carbocycles. The molecule has 114 valence electrons. The lowest BCUT2D eigenvalue weighted by Crippen LogP contribution is -2.38. The fraction of sp³-hybridized carbons (Fsp3) is 0.733. The molecule has 1 rings (SSSR count). The molecule has 0 atom stereocenters. The zero-order chi connectivity index (χ0) is 15.0. The Morgan fingerprint density at radius 3 is 2.60 bits per heavy atom. The minimum Gasteiger partial charge on any atom is -0.357 e. The minimum absolute atomic E-state index is 0.679. The van der Waals surface area contributed by atoms with Gasteiger partial charge in [-0.15, -0.1) is 11.3 Å². The largest absolute Gasteiger partial charge is 0.357 e. The maximum absolute atomic E-state index is 4.77. The molecule has 0 spiro atoms. The average Bonchev–Trinajstić information content (AvgIpc) is 2.83. The zero-order valence-electron chi connectivity index (χ0n) is 13.4. The van der Waals surface area contributed by atoms with Gasteiger partial charge in [0.1, 0.15) is 0 Å². The molecule has 5 heteroatoms. The standard InChI is InChI=1S/C15H28N4S/c1-6-13(7-2)9-17-15(16-8-3)19(5)10-14-11-20-12(4)18-14/h11,13H,6-10H2,1-5H3,(H,16,17). The topological polar surface area (TPSA) is 40.5 Å². The molecule has 0 unspecified atom stereocenters. The summed E-state index contributed by atoms with van der Waals surface area (Å²) < 4.78 is 0. The first kappa shape index (κ1) is 17.0. The predicted molar refractivity (Wildman–Crippen MR) is 88.4 cm³/mol. The predicted octanol–water partition coefficient (Wildman–Crippen LogP) is 3.29. The number of nitrogens with zero attached hydrogens (tertiary/aromatic N) is 3. The number of nitrogens with one attached hydrogen (secondary N) is 1. The van der Waals surface area contributed by atoms with Gasteiger partial charge < -0.3 is 10.2 Å². The van der Waals surface area contributed by atoms with Gasteiger partial charge in [-0.05, 0) is 19.8 Å². The van der Waals surface area contributed by atoms with Crippen molar-refractivity contribution < 1.29 is 0 Å². The Morgan fingerprint density at radius 1 is 1.40 bits per heavy atom. The van der Waals surface area contributed by atoms with Gasteiger partial charge in [0.2, 0.25) is 0 Å². The second-order valence-corrected chi connectivity index (χ2v) is 6.15. The first-order valence-corrected chi connectivity index (χ1v) is 8.39. The summed E-state index contributed by atoms with van der Waals surface area (Å²) in [6.07, 6.45) is 2.38.